The third kappa shape index (κ3) is 2.79. The summed E-state index contributed by atoms with van der Waals surface area (Å²) in [6.45, 7) is 1.92. The summed E-state index contributed by atoms with van der Waals surface area (Å²) in [5.74, 6) is 0. The molecular weight excluding hydrogens is 230 g/mol. The van der Waals surface area contributed by atoms with E-state index >= 15 is 0 Å². The highest BCUT2D eigenvalue weighted by atomic mass is 79.9. The second-order valence-electron chi connectivity index (χ2n) is 3.05. The molecule has 0 fully saturated rings. The number of hydrogen-bond acceptors (Lipinski definition) is 2. The van der Waals surface area contributed by atoms with Crippen LogP contribution >= 0.6 is 15.9 Å². The van der Waals surface area contributed by atoms with E-state index in [4.69, 9.17) is 5.73 Å². The minimum Gasteiger partial charge on any atom is -0.391 e. The van der Waals surface area contributed by atoms with E-state index in [1.54, 1.807) is 0 Å². The number of benzene rings is 1. The number of aliphatic hydroxyl groups excluding tert-OH is 1. The standard InChI is InChI=1S/C10H14BrNO/c1-2-9(13)10(12)7-3-5-8(11)6-4-7/h3-6,9-10,13H,2,12H2,1H3/t9-,10+/m0/s1. The van der Waals surface area contributed by atoms with E-state index in [1.807, 2.05) is 31.2 Å². The third-order valence-corrected chi connectivity index (χ3v) is 2.62. The molecule has 3 heteroatoms. The monoisotopic (exact) mass is 243 g/mol. The van der Waals surface area contributed by atoms with Crippen LogP contribution in [0.4, 0.5) is 0 Å². The van der Waals surface area contributed by atoms with E-state index in [9.17, 15) is 5.11 Å². The van der Waals surface area contributed by atoms with Crippen LogP contribution in [0.3, 0.4) is 0 Å². The van der Waals surface area contributed by atoms with Crippen LogP contribution in [0.25, 0.3) is 0 Å². The van der Waals surface area contributed by atoms with Crippen LogP contribution in [0.15, 0.2) is 28.7 Å². The van der Waals surface area contributed by atoms with Crippen molar-refractivity contribution in [2.75, 3.05) is 0 Å². The summed E-state index contributed by atoms with van der Waals surface area (Å²) >= 11 is 3.35. The van der Waals surface area contributed by atoms with Gasteiger partial charge in [-0.3, -0.25) is 0 Å². The Morgan fingerprint density at radius 3 is 2.38 bits per heavy atom. The van der Waals surface area contributed by atoms with Gasteiger partial charge in [-0.2, -0.15) is 0 Å². The molecule has 2 atom stereocenters. The van der Waals surface area contributed by atoms with Gasteiger partial charge in [0, 0.05) is 4.47 Å². The van der Waals surface area contributed by atoms with Crippen LogP contribution in [0.5, 0.6) is 0 Å². The summed E-state index contributed by atoms with van der Waals surface area (Å²) in [6.07, 6.45) is 0.221. The van der Waals surface area contributed by atoms with Gasteiger partial charge >= 0.3 is 0 Å². The van der Waals surface area contributed by atoms with Gasteiger partial charge in [0.2, 0.25) is 0 Å². The molecule has 2 nitrogen and oxygen atoms in total. The molecule has 0 aliphatic heterocycles. The van der Waals surface area contributed by atoms with E-state index in [0.29, 0.717) is 6.42 Å². The second kappa shape index (κ2) is 4.74. The first-order chi connectivity index (χ1) is 6.15. The molecule has 0 aromatic heterocycles. The predicted molar refractivity (Wildman–Crippen MR) is 57.4 cm³/mol. The van der Waals surface area contributed by atoms with Gasteiger partial charge in [0.1, 0.15) is 0 Å². The summed E-state index contributed by atoms with van der Waals surface area (Å²) in [6, 6.07) is 7.43. The van der Waals surface area contributed by atoms with Crippen LogP contribution < -0.4 is 5.73 Å². The topological polar surface area (TPSA) is 46.2 Å². The van der Waals surface area contributed by atoms with Crippen molar-refractivity contribution in [3.63, 3.8) is 0 Å². The van der Waals surface area contributed by atoms with Crippen molar-refractivity contribution in [1.82, 2.24) is 0 Å². The average Bonchev–Trinajstić information content (AvgIpc) is 2.17. The molecule has 0 radical (unpaired) electrons. The predicted octanol–water partition coefficient (Wildman–Crippen LogP) is 2.22. The molecule has 3 N–H and O–H groups in total. The largest absolute Gasteiger partial charge is 0.391 e. The van der Waals surface area contributed by atoms with Crippen molar-refractivity contribution in [1.29, 1.82) is 0 Å². The molecule has 0 aliphatic rings. The van der Waals surface area contributed by atoms with E-state index in [-0.39, 0.29) is 6.04 Å². The Morgan fingerprint density at radius 1 is 1.38 bits per heavy atom. The molecular formula is C10H14BrNO. The van der Waals surface area contributed by atoms with Crippen molar-refractivity contribution >= 4 is 15.9 Å². The molecule has 0 saturated carbocycles. The lowest BCUT2D eigenvalue weighted by Gasteiger charge is -2.17. The van der Waals surface area contributed by atoms with Crippen LogP contribution in [0, 0.1) is 0 Å². The maximum atomic E-state index is 9.51. The number of halogens is 1. The normalized spacial score (nSPS) is 15.4. The van der Waals surface area contributed by atoms with E-state index in [2.05, 4.69) is 15.9 Å². The minimum atomic E-state index is -0.457. The SMILES string of the molecule is CC[C@H](O)[C@H](N)c1ccc(Br)cc1. The van der Waals surface area contributed by atoms with Gasteiger partial charge in [-0.25, -0.2) is 0 Å². The molecule has 13 heavy (non-hydrogen) atoms. The molecule has 0 bridgehead atoms. The summed E-state index contributed by atoms with van der Waals surface area (Å²) in [5, 5.41) is 9.51. The van der Waals surface area contributed by atoms with E-state index in [1.165, 1.54) is 0 Å². The fourth-order valence-electron chi connectivity index (χ4n) is 1.16. The molecule has 0 heterocycles. The maximum absolute atomic E-state index is 9.51. The van der Waals surface area contributed by atoms with Gasteiger partial charge in [0.05, 0.1) is 12.1 Å². The summed E-state index contributed by atoms with van der Waals surface area (Å²) in [5.41, 5.74) is 6.80. The first kappa shape index (κ1) is 10.7. The Balaban J connectivity index is 2.77. The number of hydrogen-bond donors (Lipinski definition) is 2. The first-order valence-corrected chi connectivity index (χ1v) is 5.13. The zero-order valence-corrected chi connectivity index (χ0v) is 9.16. The molecule has 0 aliphatic carbocycles. The highest BCUT2D eigenvalue weighted by Gasteiger charge is 2.13. The first-order valence-electron chi connectivity index (χ1n) is 4.34. The van der Waals surface area contributed by atoms with Gasteiger partial charge in [-0.15, -0.1) is 0 Å². The summed E-state index contributed by atoms with van der Waals surface area (Å²) < 4.78 is 1.02. The molecule has 1 rings (SSSR count). The molecule has 0 saturated heterocycles. The lowest BCUT2D eigenvalue weighted by atomic mass is 10.0. The van der Waals surface area contributed by atoms with Gasteiger partial charge in [-0.05, 0) is 24.1 Å². The summed E-state index contributed by atoms with van der Waals surface area (Å²) in [4.78, 5) is 0. The average molecular weight is 244 g/mol. The third-order valence-electron chi connectivity index (χ3n) is 2.09. The fraction of sp³-hybridized carbons (Fsp3) is 0.400. The smallest absolute Gasteiger partial charge is 0.0730 e. The molecule has 72 valence electrons. The Labute approximate surface area is 86.9 Å². The Morgan fingerprint density at radius 2 is 1.92 bits per heavy atom. The van der Waals surface area contributed by atoms with E-state index < -0.39 is 6.10 Å². The number of aliphatic hydroxyl groups is 1. The zero-order chi connectivity index (χ0) is 9.84. The molecule has 0 unspecified atom stereocenters. The van der Waals surface area contributed by atoms with Gasteiger partial charge in [0.25, 0.3) is 0 Å². The minimum absolute atomic E-state index is 0.280. The molecule has 1 aromatic carbocycles. The van der Waals surface area contributed by atoms with Gasteiger partial charge < -0.3 is 10.8 Å². The van der Waals surface area contributed by atoms with Crippen molar-refractivity contribution in [2.45, 2.75) is 25.5 Å². The highest BCUT2D eigenvalue weighted by Crippen LogP contribution is 2.18. The lowest BCUT2D eigenvalue weighted by Crippen LogP contribution is -2.25. The van der Waals surface area contributed by atoms with Crippen molar-refractivity contribution in [3.8, 4) is 0 Å². The molecule has 1 aromatic rings. The zero-order valence-electron chi connectivity index (χ0n) is 7.57. The quantitative estimate of drug-likeness (QED) is 0.856. The number of nitrogens with two attached hydrogens (primary N) is 1. The van der Waals surface area contributed by atoms with Crippen molar-refractivity contribution in [3.05, 3.63) is 34.3 Å². The van der Waals surface area contributed by atoms with Crippen LogP contribution in [-0.2, 0) is 0 Å². The van der Waals surface area contributed by atoms with Crippen LogP contribution in [-0.4, -0.2) is 11.2 Å². The Kier molecular flexibility index (Phi) is 3.90. The highest BCUT2D eigenvalue weighted by molar-refractivity contribution is 9.10. The van der Waals surface area contributed by atoms with E-state index in [0.717, 1.165) is 10.0 Å². The lowest BCUT2D eigenvalue weighted by molar-refractivity contribution is 0.140. The Bertz CT molecular complexity index is 260. The molecule has 0 amide bonds. The second-order valence-corrected chi connectivity index (χ2v) is 3.97. The van der Waals surface area contributed by atoms with Crippen molar-refractivity contribution < 1.29 is 5.11 Å². The fourth-order valence-corrected chi connectivity index (χ4v) is 1.43. The van der Waals surface area contributed by atoms with Crippen LogP contribution in [0.2, 0.25) is 0 Å². The van der Waals surface area contributed by atoms with Gasteiger partial charge in [0.15, 0.2) is 0 Å². The van der Waals surface area contributed by atoms with Crippen LogP contribution in [0.1, 0.15) is 24.9 Å². The Hall–Kier alpha value is -0.380. The summed E-state index contributed by atoms with van der Waals surface area (Å²) in [7, 11) is 0. The van der Waals surface area contributed by atoms with Gasteiger partial charge in [-0.1, -0.05) is 35.0 Å². The van der Waals surface area contributed by atoms with Crippen molar-refractivity contribution in [2.24, 2.45) is 5.73 Å². The maximum Gasteiger partial charge on any atom is 0.0730 e. The number of rotatable bonds is 3. The molecule has 0 spiro atoms.